The topological polar surface area (TPSA) is 31.4 Å². The van der Waals surface area contributed by atoms with Gasteiger partial charge in [0.2, 0.25) is 0 Å². The van der Waals surface area contributed by atoms with Crippen LogP contribution < -0.4 is 0 Å². The van der Waals surface area contributed by atoms with Gasteiger partial charge in [-0.2, -0.15) is 0 Å². The number of ether oxygens (including phenoxy) is 2. The molecule has 0 saturated carbocycles. The fourth-order valence-electron chi connectivity index (χ4n) is 2.06. The largest absolute Gasteiger partial charge is 0.343 e. The molecule has 0 N–H and O–H groups in total. The number of aromatic nitrogens is 1. The molecule has 0 unspecified atom stereocenters. The van der Waals surface area contributed by atoms with Crippen LogP contribution in [0, 0.1) is 0 Å². The lowest BCUT2D eigenvalue weighted by Crippen LogP contribution is -2.28. The minimum absolute atomic E-state index is 0.460. The molecule has 1 spiro atoms. The molecule has 0 atom stereocenters. The van der Waals surface area contributed by atoms with Crippen LogP contribution in [0.5, 0.6) is 0 Å². The molecule has 4 heteroatoms. The van der Waals surface area contributed by atoms with Crippen LogP contribution in [0.1, 0.15) is 17.8 Å². The molecule has 0 bridgehead atoms. The number of nitrogens with zero attached hydrogens (tertiary/aromatic N) is 1. The van der Waals surface area contributed by atoms with Crippen LogP contribution in [0.15, 0.2) is 17.7 Å². The minimum atomic E-state index is -0.460. The summed E-state index contributed by atoms with van der Waals surface area (Å²) >= 11 is 1.64. The van der Waals surface area contributed by atoms with Crippen molar-refractivity contribution in [1.29, 1.82) is 0 Å². The third-order valence-corrected chi connectivity index (χ3v) is 3.46. The van der Waals surface area contributed by atoms with Gasteiger partial charge in [0, 0.05) is 23.6 Å². The monoisotopic (exact) mass is 209 g/mol. The molecule has 74 valence electrons. The molecule has 2 aliphatic rings. The Kier molecular flexibility index (Phi) is 1.93. The molecular weight excluding hydrogens is 198 g/mol. The highest BCUT2D eigenvalue weighted by Gasteiger charge is 2.44. The molecule has 2 heterocycles. The van der Waals surface area contributed by atoms with Gasteiger partial charge in [-0.05, 0) is 6.42 Å². The van der Waals surface area contributed by atoms with Crippen LogP contribution in [0.25, 0.3) is 5.57 Å². The molecule has 1 aromatic rings. The highest BCUT2D eigenvalue weighted by molar-refractivity contribution is 7.10. The summed E-state index contributed by atoms with van der Waals surface area (Å²) in [5, 5.41) is 3.02. The first kappa shape index (κ1) is 8.59. The zero-order valence-corrected chi connectivity index (χ0v) is 8.55. The Morgan fingerprint density at radius 3 is 2.93 bits per heavy atom. The standard InChI is InChI=1S/C10H11NO2S/c1-2-8(9-11-4-7-14-9)10(3-1)12-5-6-13-10/h2,4,7H,1,3,5-6H2. The quantitative estimate of drug-likeness (QED) is 0.709. The number of thiazole rings is 1. The van der Waals surface area contributed by atoms with Crippen molar-refractivity contribution in [2.45, 2.75) is 18.6 Å². The zero-order valence-electron chi connectivity index (χ0n) is 7.73. The van der Waals surface area contributed by atoms with Crippen molar-refractivity contribution in [3.8, 4) is 0 Å². The summed E-state index contributed by atoms with van der Waals surface area (Å²) in [5.41, 5.74) is 1.13. The van der Waals surface area contributed by atoms with Crippen LogP contribution in [0.4, 0.5) is 0 Å². The molecular formula is C10H11NO2S. The van der Waals surface area contributed by atoms with E-state index in [1.54, 1.807) is 11.3 Å². The first-order chi connectivity index (χ1) is 6.91. The fraction of sp³-hybridized carbons (Fsp3) is 0.500. The predicted molar refractivity (Wildman–Crippen MR) is 54.0 cm³/mol. The Morgan fingerprint density at radius 1 is 1.36 bits per heavy atom. The molecule has 0 amide bonds. The van der Waals surface area contributed by atoms with Crippen molar-refractivity contribution in [3.05, 3.63) is 22.7 Å². The SMILES string of the molecule is C1=C(c2nccs2)C2(CC1)OCCO2. The normalized spacial score (nSPS) is 24.4. The van der Waals surface area contributed by atoms with Crippen LogP contribution in [0.3, 0.4) is 0 Å². The van der Waals surface area contributed by atoms with Crippen LogP contribution >= 0.6 is 11.3 Å². The van der Waals surface area contributed by atoms with Gasteiger partial charge in [-0.25, -0.2) is 4.98 Å². The Balaban J connectivity index is 1.98. The van der Waals surface area contributed by atoms with E-state index in [1.807, 2.05) is 11.6 Å². The van der Waals surface area contributed by atoms with E-state index >= 15 is 0 Å². The lowest BCUT2D eigenvalue weighted by atomic mass is 10.1. The maximum absolute atomic E-state index is 5.71. The molecule has 0 aromatic carbocycles. The summed E-state index contributed by atoms with van der Waals surface area (Å²) < 4.78 is 11.4. The molecule has 3 rings (SSSR count). The third-order valence-electron chi connectivity index (χ3n) is 2.65. The molecule has 1 aliphatic heterocycles. The van der Waals surface area contributed by atoms with E-state index in [0.29, 0.717) is 13.2 Å². The Bertz CT molecular complexity index is 352. The van der Waals surface area contributed by atoms with Crippen molar-refractivity contribution in [3.63, 3.8) is 0 Å². The Morgan fingerprint density at radius 2 is 2.21 bits per heavy atom. The van der Waals surface area contributed by atoms with Crippen molar-refractivity contribution >= 4 is 16.9 Å². The van der Waals surface area contributed by atoms with E-state index < -0.39 is 5.79 Å². The van der Waals surface area contributed by atoms with Gasteiger partial charge < -0.3 is 9.47 Å². The highest BCUT2D eigenvalue weighted by atomic mass is 32.1. The van der Waals surface area contributed by atoms with Crippen molar-refractivity contribution in [1.82, 2.24) is 4.98 Å². The minimum Gasteiger partial charge on any atom is -0.343 e. The average Bonchev–Trinajstić information content (AvgIpc) is 2.91. The lowest BCUT2D eigenvalue weighted by molar-refractivity contribution is -0.106. The van der Waals surface area contributed by atoms with Crippen molar-refractivity contribution < 1.29 is 9.47 Å². The summed E-state index contributed by atoms with van der Waals surface area (Å²) in [6, 6.07) is 0. The number of hydrogen-bond acceptors (Lipinski definition) is 4. The van der Waals surface area contributed by atoms with Gasteiger partial charge in [0.15, 0.2) is 5.79 Å². The average molecular weight is 209 g/mol. The summed E-state index contributed by atoms with van der Waals surface area (Å²) in [4.78, 5) is 4.31. The van der Waals surface area contributed by atoms with E-state index in [1.165, 1.54) is 0 Å². The summed E-state index contributed by atoms with van der Waals surface area (Å²) in [6.45, 7) is 1.39. The van der Waals surface area contributed by atoms with Gasteiger partial charge in [0.25, 0.3) is 0 Å². The fourth-order valence-corrected chi connectivity index (χ4v) is 2.80. The van der Waals surface area contributed by atoms with E-state index in [9.17, 15) is 0 Å². The maximum atomic E-state index is 5.71. The Labute approximate surface area is 86.4 Å². The van der Waals surface area contributed by atoms with Gasteiger partial charge in [0.05, 0.1) is 13.2 Å². The van der Waals surface area contributed by atoms with Gasteiger partial charge >= 0.3 is 0 Å². The number of hydrogen-bond donors (Lipinski definition) is 0. The number of allylic oxidation sites excluding steroid dienone is 1. The zero-order chi connectivity index (χ0) is 9.43. The highest BCUT2D eigenvalue weighted by Crippen LogP contribution is 2.43. The van der Waals surface area contributed by atoms with E-state index in [4.69, 9.17) is 9.47 Å². The van der Waals surface area contributed by atoms with Crippen molar-refractivity contribution in [2.75, 3.05) is 13.2 Å². The van der Waals surface area contributed by atoms with Gasteiger partial charge in [0.1, 0.15) is 5.01 Å². The second-order valence-corrected chi connectivity index (χ2v) is 4.34. The van der Waals surface area contributed by atoms with Crippen molar-refractivity contribution in [2.24, 2.45) is 0 Å². The Hall–Kier alpha value is -0.710. The molecule has 1 aromatic heterocycles. The van der Waals surface area contributed by atoms with Gasteiger partial charge in [-0.15, -0.1) is 11.3 Å². The van der Waals surface area contributed by atoms with Crippen LogP contribution in [0.2, 0.25) is 0 Å². The second kappa shape index (κ2) is 3.15. The smallest absolute Gasteiger partial charge is 0.197 e. The summed E-state index contributed by atoms with van der Waals surface area (Å²) in [7, 11) is 0. The van der Waals surface area contributed by atoms with E-state index in [0.717, 1.165) is 23.4 Å². The first-order valence-corrected chi connectivity index (χ1v) is 5.67. The van der Waals surface area contributed by atoms with Gasteiger partial charge in [-0.3, -0.25) is 0 Å². The molecule has 3 nitrogen and oxygen atoms in total. The summed E-state index contributed by atoms with van der Waals surface area (Å²) in [5.74, 6) is -0.460. The van der Waals surface area contributed by atoms with Crippen LogP contribution in [-0.2, 0) is 9.47 Å². The molecule has 1 saturated heterocycles. The van der Waals surface area contributed by atoms with E-state index in [-0.39, 0.29) is 0 Å². The number of rotatable bonds is 1. The van der Waals surface area contributed by atoms with Crippen LogP contribution in [-0.4, -0.2) is 24.0 Å². The van der Waals surface area contributed by atoms with E-state index in [2.05, 4.69) is 11.1 Å². The molecule has 1 aliphatic carbocycles. The summed E-state index contributed by atoms with van der Waals surface area (Å²) in [6.07, 6.45) is 5.96. The predicted octanol–water partition coefficient (Wildman–Crippen LogP) is 2.06. The maximum Gasteiger partial charge on any atom is 0.197 e. The second-order valence-electron chi connectivity index (χ2n) is 3.44. The molecule has 1 fully saturated rings. The molecule has 14 heavy (non-hydrogen) atoms. The third kappa shape index (κ3) is 1.15. The van der Waals surface area contributed by atoms with Gasteiger partial charge in [-0.1, -0.05) is 6.08 Å². The first-order valence-electron chi connectivity index (χ1n) is 4.79. The lowest BCUT2D eigenvalue weighted by Gasteiger charge is -2.24. The molecule has 0 radical (unpaired) electrons.